The molecule has 1 aliphatic heterocycles. The zero-order chi connectivity index (χ0) is 14.7. The average Bonchev–Trinajstić information content (AvgIpc) is 2.62. The quantitative estimate of drug-likeness (QED) is 0.658. The fourth-order valence-corrected chi connectivity index (χ4v) is 2.18. The largest absolute Gasteiger partial charge is 0.263 e. The SMILES string of the molecule is CC1=NC(C)=C(C)C1.Cc1nc(C)c(C)c(C)c1C. The molecule has 0 amide bonds. The van der Waals surface area contributed by atoms with Crippen LogP contribution in [0.3, 0.4) is 0 Å². The minimum absolute atomic E-state index is 1.09. The van der Waals surface area contributed by atoms with Gasteiger partial charge in [-0.3, -0.25) is 9.98 Å². The van der Waals surface area contributed by atoms with E-state index in [0.29, 0.717) is 0 Å². The van der Waals surface area contributed by atoms with Crippen molar-refractivity contribution in [1.29, 1.82) is 0 Å². The van der Waals surface area contributed by atoms with Gasteiger partial charge in [0.2, 0.25) is 0 Å². The van der Waals surface area contributed by atoms with Gasteiger partial charge >= 0.3 is 0 Å². The van der Waals surface area contributed by atoms with Crippen LogP contribution < -0.4 is 0 Å². The maximum Gasteiger partial charge on any atom is 0.0407 e. The highest BCUT2D eigenvalue weighted by molar-refractivity contribution is 5.87. The fraction of sp³-hybridized carbons (Fsp3) is 0.529. The van der Waals surface area contributed by atoms with Crippen LogP contribution in [-0.2, 0) is 0 Å². The summed E-state index contributed by atoms with van der Waals surface area (Å²) < 4.78 is 0. The lowest BCUT2D eigenvalue weighted by Gasteiger charge is -2.09. The average molecular weight is 258 g/mol. The van der Waals surface area contributed by atoms with Crippen molar-refractivity contribution in [3.05, 3.63) is 39.3 Å². The summed E-state index contributed by atoms with van der Waals surface area (Å²) in [5, 5.41) is 0. The summed E-state index contributed by atoms with van der Waals surface area (Å²) in [4.78, 5) is 8.70. The number of aryl methyl sites for hydroxylation is 2. The van der Waals surface area contributed by atoms with Gasteiger partial charge in [-0.2, -0.15) is 0 Å². The maximum atomic E-state index is 4.43. The number of aromatic nitrogens is 1. The van der Waals surface area contributed by atoms with Crippen LogP contribution in [0.15, 0.2) is 16.3 Å². The van der Waals surface area contributed by atoms with Gasteiger partial charge < -0.3 is 0 Å². The topological polar surface area (TPSA) is 25.2 Å². The molecule has 0 unspecified atom stereocenters. The molecule has 2 heteroatoms. The monoisotopic (exact) mass is 258 g/mol. The lowest BCUT2D eigenvalue weighted by molar-refractivity contribution is 1.03. The van der Waals surface area contributed by atoms with Crippen LogP contribution in [0.4, 0.5) is 0 Å². The molecule has 0 bridgehead atoms. The lowest BCUT2D eigenvalue weighted by Crippen LogP contribution is -1.98. The molecule has 104 valence electrons. The zero-order valence-corrected chi connectivity index (χ0v) is 13.6. The summed E-state index contributed by atoms with van der Waals surface area (Å²) in [7, 11) is 0. The van der Waals surface area contributed by atoms with Gasteiger partial charge in [0.1, 0.15) is 0 Å². The van der Waals surface area contributed by atoms with Gasteiger partial charge in [0.15, 0.2) is 0 Å². The van der Waals surface area contributed by atoms with Crippen molar-refractivity contribution in [3.8, 4) is 0 Å². The Balaban J connectivity index is 0.000000200. The molecule has 0 saturated heterocycles. The van der Waals surface area contributed by atoms with Gasteiger partial charge in [-0.05, 0) is 77.7 Å². The summed E-state index contributed by atoms with van der Waals surface area (Å²) in [6.07, 6.45) is 1.09. The number of aliphatic imine (C=N–C) groups is 1. The number of pyridine rings is 1. The summed E-state index contributed by atoms with van der Waals surface area (Å²) in [5.74, 6) is 0. The van der Waals surface area contributed by atoms with Crippen molar-refractivity contribution in [2.24, 2.45) is 4.99 Å². The van der Waals surface area contributed by atoms with E-state index in [-0.39, 0.29) is 0 Å². The van der Waals surface area contributed by atoms with E-state index in [9.17, 15) is 0 Å². The molecule has 2 rings (SSSR count). The first-order valence-electron chi connectivity index (χ1n) is 6.85. The van der Waals surface area contributed by atoms with Crippen LogP contribution in [0.1, 0.15) is 55.3 Å². The predicted octanol–water partition coefficient (Wildman–Crippen LogP) is 4.77. The second-order valence-corrected chi connectivity index (χ2v) is 5.55. The molecule has 1 aromatic heterocycles. The molecular formula is C17H26N2. The lowest BCUT2D eigenvalue weighted by atomic mass is 10.0. The first kappa shape index (κ1) is 15.6. The number of hydrogen-bond donors (Lipinski definition) is 0. The molecule has 0 saturated carbocycles. The Kier molecular flexibility index (Phi) is 5.04. The highest BCUT2D eigenvalue weighted by atomic mass is 14.8. The number of nitrogens with zero attached hydrogens (tertiary/aromatic N) is 2. The third kappa shape index (κ3) is 3.76. The minimum Gasteiger partial charge on any atom is -0.263 e. The van der Waals surface area contributed by atoms with Gasteiger partial charge in [0.25, 0.3) is 0 Å². The van der Waals surface area contributed by atoms with Crippen LogP contribution in [0.5, 0.6) is 0 Å². The van der Waals surface area contributed by atoms with Crippen LogP contribution in [-0.4, -0.2) is 10.7 Å². The smallest absolute Gasteiger partial charge is 0.0407 e. The maximum absolute atomic E-state index is 4.43. The van der Waals surface area contributed by atoms with Gasteiger partial charge in [0, 0.05) is 29.2 Å². The molecule has 0 fully saturated rings. The molecule has 19 heavy (non-hydrogen) atoms. The van der Waals surface area contributed by atoms with Crippen molar-refractivity contribution in [3.63, 3.8) is 0 Å². The first-order chi connectivity index (χ1) is 8.73. The Morgan fingerprint density at radius 3 is 1.42 bits per heavy atom. The number of hydrogen-bond acceptors (Lipinski definition) is 2. The summed E-state index contributed by atoms with van der Waals surface area (Å²) >= 11 is 0. The second-order valence-electron chi connectivity index (χ2n) is 5.55. The fourth-order valence-electron chi connectivity index (χ4n) is 2.18. The van der Waals surface area contributed by atoms with Crippen LogP contribution in [0.2, 0.25) is 0 Å². The van der Waals surface area contributed by atoms with E-state index in [2.05, 4.69) is 65.4 Å². The second kappa shape index (κ2) is 6.14. The molecule has 0 aromatic carbocycles. The van der Waals surface area contributed by atoms with Crippen LogP contribution in [0.25, 0.3) is 0 Å². The Bertz CT molecular complexity index is 523. The number of rotatable bonds is 0. The van der Waals surface area contributed by atoms with Gasteiger partial charge in [-0.1, -0.05) is 0 Å². The molecule has 0 atom stereocenters. The van der Waals surface area contributed by atoms with Gasteiger partial charge in [0.05, 0.1) is 0 Å². The van der Waals surface area contributed by atoms with E-state index in [1.165, 1.54) is 33.7 Å². The zero-order valence-electron chi connectivity index (χ0n) is 13.6. The third-order valence-corrected chi connectivity index (χ3v) is 4.04. The molecule has 0 spiro atoms. The van der Waals surface area contributed by atoms with E-state index in [1.807, 2.05) is 0 Å². The van der Waals surface area contributed by atoms with Crippen LogP contribution in [0, 0.1) is 34.6 Å². The molecule has 2 heterocycles. The molecule has 1 aliphatic rings. The van der Waals surface area contributed by atoms with Crippen LogP contribution >= 0.6 is 0 Å². The van der Waals surface area contributed by atoms with Crippen molar-refractivity contribution in [2.75, 3.05) is 0 Å². The van der Waals surface area contributed by atoms with Crippen molar-refractivity contribution in [1.82, 2.24) is 4.98 Å². The Labute approximate surface area is 117 Å². The van der Waals surface area contributed by atoms with E-state index >= 15 is 0 Å². The summed E-state index contributed by atoms with van der Waals surface area (Å²) in [5.41, 5.74) is 10.2. The van der Waals surface area contributed by atoms with E-state index < -0.39 is 0 Å². The minimum atomic E-state index is 1.09. The summed E-state index contributed by atoms with van der Waals surface area (Å²) in [6, 6.07) is 0. The van der Waals surface area contributed by atoms with Gasteiger partial charge in [-0.15, -0.1) is 0 Å². The molecule has 0 radical (unpaired) electrons. The molecule has 0 N–H and O–H groups in total. The highest BCUT2D eigenvalue weighted by Gasteiger charge is 2.05. The Morgan fingerprint density at radius 1 is 0.684 bits per heavy atom. The van der Waals surface area contributed by atoms with E-state index in [4.69, 9.17) is 0 Å². The molecule has 1 aromatic rings. The summed E-state index contributed by atoms with van der Waals surface area (Å²) in [6.45, 7) is 16.8. The third-order valence-electron chi connectivity index (χ3n) is 4.04. The first-order valence-corrected chi connectivity index (χ1v) is 6.85. The molecule has 0 aliphatic carbocycles. The predicted molar refractivity (Wildman–Crippen MR) is 84.0 cm³/mol. The Hall–Kier alpha value is -1.44. The molecule has 2 nitrogen and oxygen atoms in total. The van der Waals surface area contributed by atoms with Crippen molar-refractivity contribution in [2.45, 2.75) is 61.8 Å². The van der Waals surface area contributed by atoms with E-state index in [1.54, 1.807) is 0 Å². The number of allylic oxidation sites excluding steroid dienone is 2. The standard InChI is InChI=1S/C10H15N.C7H11N/c1-6-7(2)9(4)11-10(5)8(6)3;1-5-4-6(2)8-7(5)3/h1-5H3;4H2,1-3H3. The Morgan fingerprint density at radius 2 is 1.16 bits per heavy atom. The molecular weight excluding hydrogens is 232 g/mol. The normalized spacial score (nSPS) is 14.2. The van der Waals surface area contributed by atoms with E-state index in [0.717, 1.165) is 17.8 Å². The van der Waals surface area contributed by atoms with Crippen molar-refractivity contribution < 1.29 is 0 Å². The highest BCUT2D eigenvalue weighted by Crippen LogP contribution is 2.17. The van der Waals surface area contributed by atoms with Crippen molar-refractivity contribution >= 4 is 5.71 Å². The van der Waals surface area contributed by atoms with Gasteiger partial charge in [-0.25, -0.2) is 0 Å².